The highest BCUT2D eigenvalue weighted by molar-refractivity contribution is 6.09. The Labute approximate surface area is 336 Å². The molecule has 0 radical (unpaired) electrons. The number of pyridine rings is 2. The van der Waals surface area contributed by atoms with Gasteiger partial charge in [-0.15, -0.1) is 0 Å². The standard InChI is InChI=1S/C26H21N3O2.C20H16F3N3O2/c27-14-17-1-3-18(4-2-17)16-29-10-9-21-11-19(5-8-25(21)29)12-24-23(26(30)31)13-22(15-28-24)20-6-7-20;1-11(27)16-9-14(12-2-3-12)10-25-18(16)26(19(28)20(21,22)23)15-4-5-17-13(8-15)6-7-24-17/h1-5,8-11,13,15,20H,6-7,12,16H2,(H,30,31);4-10,12,24H,2-3H2,1H3. The van der Waals surface area contributed by atoms with E-state index in [1.165, 1.54) is 25.3 Å². The Kier molecular flexibility index (Phi) is 10.3. The fraction of sp³-hybridized carbons (Fsp3) is 0.217. The van der Waals surface area contributed by atoms with Crippen LogP contribution < -0.4 is 4.90 Å². The second-order valence-corrected chi connectivity index (χ2v) is 15.0. The lowest BCUT2D eigenvalue weighted by Crippen LogP contribution is -2.39. The van der Waals surface area contributed by atoms with E-state index in [0.29, 0.717) is 45.0 Å². The highest BCUT2D eigenvalue weighted by Crippen LogP contribution is 2.42. The predicted octanol–water partition coefficient (Wildman–Crippen LogP) is 9.99. The summed E-state index contributed by atoms with van der Waals surface area (Å²) in [7, 11) is 0. The quantitative estimate of drug-likeness (QED) is 0.131. The van der Waals surface area contributed by atoms with Gasteiger partial charge in [-0.2, -0.15) is 18.4 Å². The van der Waals surface area contributed by atoms with E-state index < -0.39 is 23.8 Å². The molecule has 0 atom stereocenters. The van der Waals surface area contributed by atoms with Gasteiger partial charge in [-0.1, -0.05) is 18.2 Å². The molecule has 0 aliphatic heterocycles. The number of aromatic amines is 1. The molecule has 2 N–H and O–H groups in total. The molecule has 2 aliphatic carbocycles. The summed E-state index contributed by atoms with van der Waals surface area (Å²) in [4.78, 5) is 48.3. The number of carbonyl (C=O) groups excluding carboxylic acids is 2. The van der Waals surface area contributed by atoms with Crippen LogP contribution in [-0.4, -0.2) is 48.5 Å². The normalized spacial score (nSPS) is 13.7. The smallest absolute Gasteiger partial charge is 0.472 e. The lowest BCUT2D eigenvalue weighted by Gasteiger charge is -2.25. The lowest BCUT2D eigenvalue weighted by atomic mass is 10.0. The van der Waals surface area contributed by atoms with E-state index >= 15 is 0 Å². The van der Waals surface area contributed by atoms with Crippen LogP contribution in [0.3, 0.4) is 0 Å². The number of rotatable bonds is 10. The minimum atomic E-state index is -5.13. The number of nitrogens with zero attached hydrogens (tertiary/aromatic N) is 5. The van der Waals surface area contributed by atoms with Crippen molar-refractivity contribution in [1.29, 1.82) is 5.26 Å². The Bertz CT molecular complexity index is 2790. The first-order valence-electron chi connectivity index (χ1n) is 19.1. The third kappa shape index (κ3) is 8.48. The van der Waals surface area contributed by atoms with Gasteiger partial charge < -0.3 is 14.7 Å². The number of benzene rings is 3. The average Bonchev–Trinajstić information content (AvgIpc) is 4.17. The van der Waals surface area contributed by atoms with Gasteiger partial charge in [-0.3, -0.25) is 19.5 Å². The molecule has 4 heterocycles. The summed E-state index contributed by atoms with van der Waals surface area (Å²) in [5, 5.41) is 20.4. The monoisotopic (exact) mass is 794 g/mol. The highest BCUT2D eigenvalue weighted by atomic mass is 19.4. The number of H-pyrrole nitrogens is 1. The number of aromatic carboxylic acids is 1. The van der Waals surface area contributed by atoms with Crippen molar-refractivity contribution >= 4 is 51.0 Å². The molecule has 1 amide bonds. The number of carbonyl (C=O) groups is 3. The molecular formula is C46H37F3N6O4. The summed E-state index contributed by atoms with van der Waals surface area (Å²) >= 11 is 0. The number of carboxylic acids is 1. The molecule has 0 unspecified atom stereocenters. The molecule has 2 fully saturated rings. The number of ketones is 1. The van der Waals surface area contributed by atoms with E-state index in [1.807, 2.05) is 36.5 Å². The third-order valence-electron chi connectivity index (χ3n) is 10.7. The SMILES string of the molecule is CC(=O)c1cc(C2CC2)cnc1N(C(=O)C(F)(F)F)c1ccc2[nH]ccc2c1.N#Cc1ccc(Cn2ccc3cc(Cc4ncc(C5CC5)cc4C(=O)O)ccc32)cc1. The van der Waals surface area contributed by atoms with Crippen LogP contribution in [0, 0.1) is 11.3 Å². The number of halogens is 3. The summed E-state index contributed by atoms with van der Waals surface area (Å²) in [6.07, 6.45) is 6.50. The van der Waals surface area contributed by atoms with Crippen LogP contribution in [0.1, 0.15) is 98.7 Å². The summed E-state index contributed by atoms with van der Waals surface area (Å²) in [5.41, 5.74) is 7.40. The molecule has 13 heteroatoms. The van der Waals surface area contributed by atoms with Crippen LogP contribution in [0.4, 0.5) is 24.7 Å². The van der Waals surface area contributed by atoms with Crippen LogP contribution in [0.5, 0.6) is 0 Å². The van der Waals surface area contributed by atoms with E-state index in [-0.39, 0.29) is 23.0 Å². The number of anilines is 2. The summed E-state index contributed by atoms with van der Waals surface area (Å²) in [6.45, 7) is 1.98. The molecule has 0 bridgehead atoms. The first-order chi connectivity index (χ1) is 28.4. The zero-order valence-corrected chi connectivity index (χ0v) is 31.8. The minimum absolute atomic E-state index is 0.00355. The number of hydrogen-bond donors (Lipinski definition) is 2. The highest BCUT2D eigenvalue weighted by Gasteiger charge is 2.45. The Morgan fingerprint density at radius 3 is 2.17 bits per heavy atom. The average molecular weight is 795 g/mol. The van der Waals surface area contributed by atoms with Crippen molar-refractivity contribution in [3.8, 4) is 6.07 Å². The van der Waals surface area contributed by atoms with E-state index in [4.69, 9.17) is 5.26 Å². The second kappa shape index (κ2) is 15.7. The first-order valence-corrected chi connectivity index (χ1v) is 19.1. The van der Waals surface area contributed by atoms with Crippen molar-refractivity contribution in [3.05, 3.63) is 154 Å². The Morgan fingerprint density at radius 2 is 1.53 bits per heavy atom. The van der Waals surface area contributed by atoms with Gasteiger partial charge in [-0.25, -0.2) is 9.78 Å². The number of carboxylic acid groups (broad SMARTS) is 1. The molecule has 9 rings (SSSR count). The molecule has 4 aromatic heterocycles. The van der Waals surface area contributed by atoms with Gasteiger partial charge >= 0.3 is 18.1 Å². The third-order valence-corrected chi connectivity index (χ3v) is 10.7. The molecule has 0 saturated heterocycles. The summed E-state index contributed by atoms with van der Waals surface area (Å²) in [6, 6.07) is 27.5. The maximum atomic E-state index is 13.4. The van der Waals surface area contributed by atoms with E-state index in [0.717, 1.165) is 65.4 Å². The van der Waals surface area contributed by atoms with Crippen molar-refractivity contribution in [2.75, 3.05) is 4.90 Å². The van der Waals surface area contributed by atoms with Gasteiger partial charge in [0, 0.05) is 54.2 Å². The number of nitrogens with one attached hydrogen (secondary N) is 1. The Balaban J connectivity index is 0.000000165. The van der Waals surface area contributed by atoms with E-state index in [9.17, 15) is 32.7 Å². The van der Waals surface area contributed by atoms with Crippen LogP contribution in [0.2, 0.25) is 0 Å². The molecule has 7 aromatic rings. The van der Waals surface area contributed by atoms with Gasteiger partial charge in [-0.05, 0) is 139 Å². The molecule has 0 spiro atoms. The molecule has 2 aliphatic rings. The summed E-state index contributed by atoms with van der Waals surface area (Å²) in [5.74, 6) is -3.03. The number of Topliss-reactive ketones (excluding diaryl/α,β-unsaturated/α-hetero) is 1. The van der Waals surface area contributed by atoms with Crippen LogP contribution in [0.25, 0.3) is 21.8 Å². The molecular weight excluding hydrogens is 758 g/mol. The number of fused-ring (bicyclic) bond motifs is 2. The second-order valence-electron chi connectivity index (χ2n) is 15.0. The lowest BCUT2D eigenvalue weighted by molar-refractivity contribution is -0.169. The van der Waals surface area contributed by atoms with E-state index in [1.54, 1.807) is 30.5 Å². The van der Waals surface area contributed by atoms with Gasteiger partial charge in [0.2, 0.25) is 0 Å². The zero-order valence-electron chi connectivity index (χ0n) is 31.8. The van der Waals surface area contributed by atoms with Crippen molar-refractivity contribution in [1.82, 2.24) is 19.5 Å². The topological polar surface area (TPSA) is 145 Å². The molecule has 296 valence electrons. The maximum Gasteiger partial charge on any atom is 0.472 e. The number of amides is 1. The van der Waals surface area contributed by atoms with Crippen molar-refractivity contribution in [3.63, 3.8) is 0 Å². The predicted molar refractivity (Wildman–Crippen MR) is 216 cm³/mol. The largest absolute Gasteiger partial charge is 0.478 e. The van der Waals surface area contributed by atoms with Crippen LogP contribution in [0.15, 0.2) is 110 Å². The minimum Gasteiger partial charge on any atom is -0.478 e. The van der Waals surface area contributed by atoms with Gasteiger partial charge in [0.05, 0.1) is 34.1 Å². The Morgan fingerprint density at radius 1 is 0.847 bits per heavy atom. The Hall–Kier alpha value is -7.07. The van der Waals surface area contributed by atoms with E-state index in [2.05, 4.69) is 50.0 Å². The number of nitriles is 1. The van der Waals surface area contributed by atoms with Gasteiger partial charge in [0.1, 0.15) is 0 Å². The number of alkyl halides is 3. The molecule has 3 aromatic carbocycles. The molecule has 2 saturated carbocycles. The fourth-order valence-electron chi connectivity index (χ4n) is 7.24. The van der Waals surface area contributed by atoms with Crippen molar-refractivity contribution < 1.29 is 32.7 Å². The fourth-order valence-corrected chi connectivity index (χ4v) is 7.24. The molecule has 10 nitrogen and oxygen atoms in total. The van der Waals surface area contributed by atoms with Crippen molar-refractivity contribution in [2.24, 2.45) is 0 Å². The number of aromatic nitrogens is 4. The van der Waals surface area contributed by atoms with Crippen LogP contribution in [-0.2, 0) is 17.8 Å². The summed E-state index contributed by atoms with van der Waals surface area (Å²) < 4.78 is 42.3. The van der Waals surface area contributed by atoms with Crippen molar-refractivity contribution in [2.45, 2.75) is 63.6 Å². The van der Waals surface area contributed by atoms with Gasteiger partial charge in [0.15, 0.2) is 11.6 Å². The first kappa shape index (κ1) is 38.8. The van der Waals surface area contributed by atoms with Crippen LogP contribution >= 0.6 is 0 Å². The maximum absolute atomic E-state index is 13.4. The zero-order chi connectivity index (χ0) is 41.4. The number of hydrogen-bond acceptors (Lipinski definition) is 6. The molecule has 59 heavy (non-hydrogen) atoms. The van der Waals surface area contributed by atoms with Gasteiger partial charge in [0.25, 0.3) is 0 Å².